The van der Waals surface area contributed by atoms with Crippen LogP contribution in [0.5, 0.6) is 5.75 Å². The lowest BCUT2D eigenvalue weighted by Crippen LogP contribution is -2.23. The van der Waals surface area contributed by atoms with E-state index in [1.165, 1.54) is 5.56 Å². The van der Waals surface area contributed by atoms with Crippen molar-refractivity contribution in [3.8, 4) is 5.75 Å². The van der Waals surface area contributed by atoms with Crippen molar-refractivity contribution in [1.82, 2.24) is 9.55 Å². The molecular formula is C21H25N5O. The zero-order valence-electron chi connectivity index (χ0n) is 15.5. The van der Waals surface area contributed by atoms with Gasteiger partial charge in [-0.1, -0.05) is 42.5 Å². The number of aryl methyl sites for hydroxylation is 2. The van der Waals surface area contributed by atoms with E-state index in [4.69, 9.17) is 10.5 Å². The highest BCUT2D eigenvalue weighted by Gasteiger charge is 2.05. The maximum Gasteiger partial charge on any atom is 0.193 e. The van der Waals surface area contributed by atoms with E-state index in [9.17, 15) is 0 Å². The standard InChI is InChI=1S/C21H25N5O/c1-27-19-12-6-5-11-18(19)25-21(22)24-16-20-23-13-15-26(20)14-7-10-17-8-3-2-4-9-17/h2-6,8-9,11-13,15H,7,10,14,16H2,1H3,(H3,22,24,25). The van der Waals surface area contributed by atoms with E-state index in [0.29, 0.717) is 12.5 Å². The first-order chi connectivity index (χ1) is 13.3. The number of anilines is 1. The summed E-state index contributed by atoms with van der Waals surface area (Å²) in [6, 6.07) is 18.1. The highest BCUT2D eigenvalue weighted by molar-refractivity contribution is 5.93. The highest BCUT2D eigenvalue weighted by atomic mass is 16.5. The molecule has 6 heteroatoms. The number of imidazole rings is 1. The number of hydrogen-bond donors (Lipinski definition) is 2. The molecule has 0 atom stereocenters. The monoisotopic (exact) mass is 363 g/mol. The van der Waals surface area contributed by atoms with Gasteiger partial charge in [0, 0.05) is 18.9 Å². The maximum atomic E-state index is 6.02. The van der Waals surface area contributed by atoms with Gasteiger partial charge in [-0.05, 0) is 30.5 Å². The number of para-hydroxylation sites is 2. The van der Waals surface area contributed by atoms with Crippen molar-refractivity contribution in [1.29, 1.82) is 0 Å². The summed E-state index contributed by atoms with van der Waals surface area (Å²) in [5.41, 5.74) is 8.15. The first-order valence-electron chi connectivity index (χ1n) is 9.00. The number of methoxy groups -OCH3 is 1. The molecular weight excluding hydrogens is 338 g/mol. The quantitative estimate of drug-likeness (QED) is 0.475. The van der Waals surface area contributed by atoms with E-state index < -0.39 is 0 Å². The van der Waals surface area contributed by atoms with E-state index in [1.807, 2.05) is 36.5 Å². The molecule has 0 unspecified atom stereocenters. The van der Waals surface area contributed by atoms with Crippen molar-refractivity contribution in [3.05, 3.63) is 78.4 Å². The highest BCUT2D eigenvalue weighted by Crippen LogP contribution is 2.22. The van der Waals surface area contributed by atoms with E-state index in [2.05, 4.69) is 44.1 Å². The molecule has 0 bridgehead atoms. The Balaban J connectivity index is 1.55. The summed E-state index contributed by atoms with van der Waals surface area (Å²) in [5, 5.41) is 3.07. The van der Waals surface area contributed by atoms with Crippen LogP contribution in [0.4, 0.5) is 5.69 Å². The largest absolute Gasteiger partial charge is 0.495 e. The molecule has 3 aromatic rings. The molecule has 0 aliphatic carbocycles. The molecule has 1 heterocycles. The predicted octanol–water partition coefficient (Wildman–Crippen LogP) is 3.45. The smallest absolute Gasteiger partial charge is 0.193 e. The fourth-order valence-electron chi connectivity index (χ4n) is 2.87. The van der Waals surface area contributed by atoms with Crippen LogP contribution in [-0.2, 0) is 19.5 Å². The van der Waals surface area contributed by atoms with Gasteiger partial charge in [-0.2, -0.15) is 0 Å². The molecule has 0 radical (unpaired) electrons. The van der Waals surface area contributed by atoms with E-state index >= 15 is 0 Å². The number of hydrogen-bond acceptors (Lipinski definition) is 3. The zero-order chi connectivity index (χ0) is 18.9. The van der Waals surface area contributed by atoms with Crippen LogP contribution in [0.15, 0.2) is 72.0 Å². The van der Waals surface area contributed by atoms with Gasteiger partial charge in [0.2, 0.25) is 0 Å². The van der Waals surface area contributed by atoms with Gasteiger partial charge in [0.05, 0.1) is 12.8 Å². The van der Waals surface area contributed by atoms with Crippen LogP contribution >= 0.6 is 0 Å². The summed E-state index contributed by atoms with van der Waals surface area (Å²) in [6.07, 6.45) is 5.88. The lowest BCUT2D eigenvalue weighted by atomic mass is 10.1. The van der Waals surface area contributed by atoms with Gasteiger partial charge < -0.3 is 20.4 Å². The molecule has 0 saturated heterocycles. The third-order valence-corrected chi connectivity index (χ3v) is 4.27. The average Bonchev–Trinajstić information content (AvgIpc) is 3.15. The molecule has 1 aromatic heterocycles. The minimum atomic E-state index is 0.332. The molecule has 6 nitrogen and oxygen atoms in total. The van der Waals surface area contributed by atoms with Crippen molar-refractivity contribution >= 4 is 11.6 Å². The van der Waals surface area contributed by atoms with Gasteiger partial charge >= 0.3 is 0 Å². The molecule has 3 N–H and O–H groups in total. The molecule has 0 amide bonds. The van der Waals surface area contributed by atoms with E-state index in [0.717, 1.165) is 36.6 Å². The second-order valence-corrected chi connectivity index (χ2v) is 6.15. The summed E-state index contributed by atoms with van der Waals surface area (Å²) in [7, 11) is 1.63. The number of nitrogens with two attached hydrogens (primary N) is 1. The Kier molecular flexibility index (Phi) is 6.46. The van der Waals surface area contributed by atoms with Gasteiger partial charge in [-0.25, -0.2) is 9.98 Å². The van der Waals surface area contributed by atoms with Crippen LogP contribution < -0.4 is 15.8 Å². The Labute approximate surface area is 159 Å². The molecule has 2 aromatic carbocycles. The lowest BCUT2D eigenvalue weighted by Gasteiger charge is -2.10. The minimum absolute atomic E-state index is 0.332. The van der Waals surface area contributed by atoms with Crippen molar-refractivity contribution in [3.63, 3.8) is 0 Å². The van der Waals surface area contributed by atoms with Gasteiger partial charge in [0.15, 0.2) is 5.96 Å². The second kappa shape index (κ2) is 9.43. The van der Waals surface area contributed by atoms with Crippen LogP contribution in [0.25, 0.3) is 0 Å². The van der Waals surface area contributed by atoms with Crippen LogP contribution in [-0.4, -0.2) is 22.6 Å². The summed E-state index contributed by atoms with van der Waals surface area (Å²) in [5.74, 6) is 1.95. The van der Waals surface area contributed by atoms with Crippen LogP contribution in [0.2, 0.25) is 0 Å². The molecule has 0 aliphatic rings. The zero-order valence-corrected chi connectivity index (χ0v) is 15.5. The van der Waals surface area contributed by atoms with E-state index in [1.54, 1.807) is 13.3 Å². The number of benzene rings is 2. The Morgan fingerprint density at radius 1 is 1.15 bits per heavy atom. The first-order valence-corrected chi connectivity index (χ1v) is 9.00. The Bertz CT molecular complexity index is 873. The Hall–Kier alpha value is -3.28. The number of aliphatic imine (C=N–C) groups is 1. The Morgan fingerprint density at radius 3 is 2.74 bits per heavy atom. The van der Waals surface area contributed by atoms with Gasteiger partial charge in [0.25, 0.3) is 0 Å². The lowest BCUT2D eigenvalue weighted by molar-refractivity contribution is 0.417. The third kappa shape index (κ3) is 5.34. The summed E-state index contributed by atoms with van der Waals surface area (Å²) in [6.45, 7) is 1.33. The number of nitrogens with zero attached hydrogens (tertiary/aromatic N) is 3. The third-order valence-electron chi connectivity index (χ3n) is 4.27. The van der Waals surface area contributed by atoms with Crippen LogP contribution in [0.1, 0.15) is 17.8 Å². The molecule has 0 saturated carbocycles. The second-order valence-electron chi connectivity index (χ2n) is 6.15. The molecule has 140 valence electrons. The van der Waals surface area contributed by atoms with Crippen LogP contribution in [0, 0.1) is 0 Å². The number of aromatic nitrogens is 2. The van der Waals surface area contributed by atoms with Crippen molar-refractivity contribution < 1.29 is 4.74 Å². The van der Waals surface area contributed by atoms with Gasteiger partial charge in [-0.15, -0.1) is 0 Å². The van der Waals surface area contributed by atoms with E-state index in [-0.39, 0.29) is 0 Å². The molecule has 3 rings (SSSR count). The minimum Gasteiger partial charge on any atom is -0.495 e. The average molecular weight is 363 g/mol. The SMILES string of the molecule is COc1ccccc1NC(N)=NCc1nccn1CCCc1ccccc1. The number of guanidine groups is 1. The van der Waals surface area contributed by atoms with Gasteiger partial charge in [0.1, 0.15) is 18.1 Å². The van der Waals surface area contributed by atoms with Crippen molar-refractivity contribution in [2.75, 3.05) is 12.4 Å². The first kappa shape index (κ1) is 18.5. The number of rotatable bonds is 8. The fraction of sp³-hybridized carbons (Fsp3) is 0.238. The summed E-state index contributed by atoms with van der Waals surface area (Å²) < 4.78 is 7.43. The Morgan fingerprint density at radius 2 is 1.93 bits per heavy atom. The fourth-order valence-corrected chi connectivity index (χ4v) is 2.87. The summed E-state index contributed by atoms with van der Waals surface area (Å²) >= 11 is 0. The number of nitrogens with one attached hydrogen (secondary N) is 1. The normalized spacial score (nSPS) is 11.4. The molecule has 0 aliphatic heterocycles. The maximum absolute atomic E-state index is 6.02. The molecule has 27 heavy (non-hydrogen) atoms. The molecule has 0 spiro atoms. The van der Waals surface area contributed by atoms with Crippen LogP contribution in [0.3, 0.4) is 0 Å². The predicted molar refractivity (Wildman–Crippen MR) is 109 cm³/mol. The number of ether oxygens (including phenoxy) is 1. The molecule has 0 fully saturated rings. The summed E-state index contributed by atoms with van der Waals surface area (Å²) in [4.78, 5) is 8.81. The van der Waals surface area contributed by atoms with Crippen molar-refractivity contribution in [2.24, 2.45) is 10.7 Å². The van der Waals surface area contributed by atoms with Crippen molar-refractivity contribution in [2.45, 2.75) is 25.9 Å². The van der Waals surface area contributed by atoms with Gasteiger partial charge in [-0.3, -0.25) is 0 Å². The topological polar surface area (TPSA) is 77.5 Å².